The molecule has 2 aromatic rings. The van der Waals surface area contributed by atoms with Crippen LogP contribution in [0.4, 0.5) is 0 Å². The summed E-state index contributed by atoms with van der Waals surface area (Å²) in [5.74, 6) is -2.43. The number of halogens is 1. The number of aryl methyl sites for hydroxylation is 1. The van der Waals surface area contributed by atoms with Gasteiger partial charge in [0, 0.05) is 9.45 Å². The third kappa shape index (κ3) is 3.79. The van der Waals surface area contributed by atoms with E-state index in [2.05, 4.69) is 32.3 Å². The molecule has 2 rings (SSSR count). The van der Waals surface area contributed by atoms with E-state index in [0.717, 1.165) is 16.2 Å². The van der Waals surface area contributed by atoms with Crippen molar-refractivity contribution in [1.82, 2.24) is 4.98 Å². The Morgan fingerprint density at radius 1 is 1.30 bits per heavy atom. The Bertz CT molecular complexity index is 664. The second kappa shape index (κ2) is 8.17. The summed E-state index contributed by atoms with van der Waals surface area (Å²) in [4.78, 5) is 15.1. The van der Waals surface area contributed by atoms with Crippen LogP contribution in [0.2, 0.25) is 0 Å². The van der Waals surface area contributed by atoms with Crippen molar-refractivity contribution in [3.05, 3.63) is 26.8 Å². The van der Waals surface area contributed by atoms with E-state index in [1.807, 2.05) is 6.92 Å². The fraction of sp³-hybridized carbons (Fsp3) is 0.167. The third-order valence-electron chi connectivity index (χ3n) is 2.57. The summed E-state index contributed by atoms with van der Waals surface area (Å²) in [6.07, 6.45) is 0. The Kier molecular flexibility index (Phi) is 8.34. The molecule has 0 bridgehead atoms. The van der Waals surface area contributed by atoms with Crippen molar-refractivity contribution in [2.24, 2.45) is 0 Å². The van der Waals surface area contributed by atoms with Gasteiger partial charge in [-0.1, -0.05) is 5.75 Å². The van der Waals surface area contributed by atoms with Gasteiger partial charge in [0.2, 0.25) is 0 Å². The Labute approximate surface area is 173 Å². The molecule has 0 saturated heterocycles. The summed E-state index contributed by atoms with van der Waals surface area (Å²) in [5.41, 5.74) is 0.681. The Hall–Kier alpha value is 0.430. The van der Waals surface area contributed by atoms with Gasteiger partial charge in [-0.3, -0.25) is 4.98 Å². The van der Waals surface area contributed by atoms with Crippen LogP contribution in [0.1, 0.15) is 15.9 Å². The molecule has 1 aromatic heterocycles. The minimum atomic E-state index is -0.949. The molecule has 0 fully saturated rings. The number of fused-ring (bicyclic) bond motifs is 1. The van der Waals surface area contributed by atoms with E-state index in [1.165, 1.54) is 0 Å². The molecule has 0 aliphatic rings. The number of esters is 1. The van der Waals surface area contributed by atoms with Gasteiger partial charge in [0.1, 0.15) is 0 Å². The molecule has 0 radical (unpaired) electrons. The predicted octanol–water partition coefficient (Wildman–Crippen LogP) is -4.91. The fourth-order valence-electron chi connectivity index (χ4n) is 1.62. The van der Waals surface area contributed by atoms with E-state index < -0.39 is 23.2 Å². The Morgan fingerprint density at radius 3 is 2.45 bits per heavy atom. The number of hydrogen-bond acceptors (Lipinski definition) is 5. The van der Waals surface area contributed by atoms with Crippen LogP contribution in [0.25, 0.3) is 10.9 Å². The van der Waals surface area contributed by atoms with Gasteiger partial charge in [-0.2, -0.15) is 0 Å². The SMILES string of the molecule is COC(=O)c1c([O-])nc2cc(C)c(I)cc2c1[O-].[Na+].[Na+]. The molecule has 0 aliphatic heterocycles. The average molecular weight is 403 g/mol. The van der Waals surface area contributed by atoms with E-state index in [-0.39, 0.29) is 64.5 Å². The Balaban J connectivity index is 0.00000180. The summed E-state index contributed by atoms with van der Waals surface area (Å²) in [6, 6.07) is 3.27. The number of pyridine rings is 1. The number of hydrogen-bond donors (Lipinski definition) is 0. The molecular weight excluding hydrogens is 395 g/mol. The number of ether oxygens (including phenoxy) is 1. The standard InChI is InChI=1S/C12H10INO4.2Na/c1-5-3-8-6(4-7(5)13)10(15)9(11(16)14-8)12(17)18-2;;/h3-4H,1-2H3,(H2,14,15,16);;/q;2*+1/p-2. The van der Waals surface area contributed by atoms with Gasteiger partial charge < -0.3 is 14.9 Å². The number of nitrogens with zero attached hydrogens (tertiary/aromatic N) is 1. The first-order chi connectivity index (χ1) is 8.45. The van der Waals surface area contributed by atoms with Gasteiger partial charge in [-0.25, -0.2) is 4.79 Å². The van der Waals surface area contributed by atoms with Gasteiger partial charge in [0.25, 0.3) is 0 Å². The largest absolute Gasteiger partial charge is 1.00 e. The molecule has 0 N–H and O–H groups in total. The van der Waals surface area contributed by atoms with E-state index in [1.54, 1.807) is 12.1 Å². The number of rotatable bonds is 1. The first-order valence-corrected chi connectivity index (χ1v) is 6.09. The maximum Gasteiger partial charge on any atom is 1.00 e. The molecule has 1 heterocycles. The van der Waals surface area contributed by atoms with Crippen LogP contribution < -0.4 is 69.3 Å². The van der Waals surface area contributed by atoms with E-state index >= 15 is 0 Å². The van der Waals surface area contributed by atoms with Gasteiger partial charge in [0.15, 0.2) is 0 Å². The normalized spacial score (nSPS) is 9.55. The molecule has 0 amide bonds. The van der Waals surface area contributed by atoms with Crippen LogP contribution >= 0.6 is 22.6 Å². The van der Waals surface area contributed by atoms with Crippen LogP contribution in [0.3, 0.4) is 0 Å². The van der Waals surface area contributed by atoms with Crippen LogP contribution in [-0.4, -0.2) is 18.1 Å². The van der Waals surface area contributed by atoms with Gasteiger partial charge >= 0.3 is 65.1 Å². The number of carbonyl (C=O) groups is 1. The molecule has 94 valence electrons. The van der Waals surface area contributed by atoms with Crippen molar-refractivity contribution in [2.45, 2.75) is 6.92 Å². The molecule has 0 unspecified atom stereocenters. The van der Waals surface area contributed by atoms with Crippen molar-refractivity contribution >= 4 is 39.5 Å². The summed E-state index contributed by atoms with van der Waals surface area (Å²) >= 11 is 2.08. The van der Waals surface area contributed by atoms with Crippen LogP contribution in [0, 0.1) is 10.5 Å². The van der Waals surface area contributed by atoms with Crippen LogP contribution in [-0.2, 0) is 4.74 Å². The first kappa shape index (κ1) is 20.4. The fourth-order valence-corrected chi connectivity index (χ4v) is 2.09. The minimum absolute atomic E-state index is 0. The molecule has 8 heteroatoms. The van der Waals surface area contributed by atoms with E-state index in [9.17, 15) is 15.0 Å². The molecule has 0 spiro atoms. The van der Waals surface area contributed by atoms with Gasteiger partial charge in [-0.05, 0) is 52.6 Å². The van der Waals surface area contributed by atoms with E-state index in [4.69, 9.17) is 0 Å². The first-order valence-electron chi connectivity index (χ1n) is 5.02. The number of aromatic nitrogens is 1. The molecule has 0 aliphatic carbocycles. The number of benzene rings is 1. The third-order valence-corrected chi connectivity index (χ3v) is 3.74. The summed E-state index contributed by atoms with van der Waals surface area (Å²) in [7, 11) is 1.12. The average Bonchev–Trinajstić information content (AvgIpc) is 2.32. The summed E-state index contributed by atoms with van der Waals surface area (Å²) < 4.78 is 5.29. The smallest absolute Gasteiger partial charge is 0.871 e. The molecule has 20 heavy (non-hydrogen) atoms. The minimum Gasteiger partial charge on any atom is -0.871 e. The predicted molar refractivity (Wildman–Crippen MR) is 69.4 cm³/mol. The molecule has 5 nitrogen and oxygen atoms in total. The van der Waals surface area contributed by atoms with Crippen LogP contribution in [0.5, 0.6) is 11.6 Å². The molecular formula is C12H8INNa2O4. The molecule has 0 saturated carbocycles. The quantitative estimate of drug-likeness (QED) is 0.271. The van der Waals surface area contributed by atoms with Gasteiger partial charge in [0.05, 0.1) is 18.2 Å². The van der Waals surface area contributed by atoms with Crippen molar-refractivity contribution in [3.63, 3.8) is 0 Å². The number of carbonyl (C=O) groups excluding carboxylic acids is 1. The zero-order chi connectivity index (χ0) is 13.4. The van der Waals surface area contributed by atoms with Crippen LogP contribution in [0.15, 0.2) is 12.1 Å². The van der Waals surface area contributed by atoms with Crippen molar-refractivity contribution in [3.8, 4) is 11.6 Å². The van der Waals surface area contributed by atoms with Crippen molar-refractivity contribution < 1.29 is 78.9 Å². The topological polar surface area (TPSA) is 85.3 Å². The van der Waals surface area contributed by atoms with E-state index in [0.29, 0.717) is 5.52 Å². The summed E-state index contributed by atoms with van der Waals surface area (Å²) in [5, 5.41) is 24.0. The maximum atomic E-state index is 12.1. The van der Waals surface area contributed by atoms with Gasteiger partial charge in [-0.15, -0.1) is 0 Å². The maximum absolute atomic E-state index is 12.1. The Morgan fingerprint density at radius 2 is 1.90 bits per heavy atom. The molecule has 1 aromatic carbocycles. The number of methoxy groups -OCH3 is 1. The second-order valence-corrected chi connectivity index (χ2v) is 4.89. The summed E-state index contributed by atoms with van der Waals surface area (Å²) in [6.45, 7) is 1.85. The molecule has 0 atom stereocenters. The zero-order valence-electron chi connectivity index (χ0n) is 11.6. The van der Waals surface area contributed by atoms with Crippen molar-refractivity contribution in [2.75, 3.05) is 7.11 Å². The monoisotopic (exact) mass is 403 g/mol. The zero-order valence-corrected chi connectivity index (χ0v) is 17.8. The second-order valence-electron chi connectivity index (χ2n) is 3.73. The van der Waals surface area contributed by atoms with Crippen molar-refractivity contribution in [1.29, 1.82) is 0 Å².